The monoisotopic (exact) mass is 360 g/mol. The van der Waals surface area contributed by atoms with Crippen LogP contribution in [-0.4, -0.2) is 4.92 Å². The first-order valence-corrected chi connectivity index (χ1v) is 6.49. The number of halogens is 4. The van der Waals surface area contributed by atoms with Gasteiger partial charge in [-0.05, 0) is 33.6 Å². The molecular formula is C13H8BrF3N2O2. The van der Waals surface area contributed by atoms with E-state index in [-0.39, 0.29) is 16.7 Å². The number of rotatable bonds is 4. The first-order chi connectivity index (χ1) is 9.88. The van der Waals surface area contributed by atoms with Crippen molar-refractivity contribution in [2.45, 2.75) is 6.54 Å². The lowest BCUT2D eigenvalue weighted by Crippen LogP contribution is -2.03. The van der Waals surface area contributed by atoms with Crippen molar-refractivity contribution in [1.82, 2.24) is 0 Å². The molecule has 110 valence electrons. The van der Waals surface area contributed by atoms with Gasteiger partial charge in [0.15, 0.2) is 0 Å². The largest absolute Gasteiger partial charge is 0.379 e. The molecule has 0 aliphatic heterocycles. The quantitative estimate of drug-likeness (QED) is 0.499. The Kier molecular flexibility index (Phi) is 4.46. The molecule has 1 N–H and O–H groups in total. The van der Waals surface area contributed by atoms with E-state index < -0.39 is 28.1 Å². The van der Waals surface area contributed by atoms with Gasteiger partial charge in [0.05, 0.1) is 15.1 Å². The van der Waals surface area contributed by atoms with Gasteiger partial charge in [0.2, 0.25) is 5.82 Å². The number of nitro benzene ring substituents is 1. The SMILES string of the molecule is O=[N+]([O-])c1ccc(CNc2cc(Br)c(F)cc2F)cc1F. The number of anilines is 1. The fraction of sp³-hybridized carbons (Fsp3) is 0.0769. The van der Waals surface area contributed by atoms with Gasteiger partial charge >= 0.3 is 5.69 Å². The summed E-state index contributed by atoms with van der Waals surface area (Å²) >= 11 is 2.93. The normalized spacial score (nSPS) is 10.5. The summed E-state index contributed by atoms with van der Waals surface area (Å²) in [6.07, 6.45) is 0. The maximum atomic E-state index is 13.5. The molecule has 0 fully saturated rings. The van der Waals surface area contributed by atoms with Gasteiger partial charge in [-0.1, -0.05) is 6.07 Å². The van der Waals surface area contributed by atoms with Crippen molar-refractivity contribution in [2.75, 3.05) is 5.32 Å². The van der Waals surface area contributed by atoms with E-state index in [2.05, 4.69) is 21.2 Å². The first-order valence-electron chi connectivity index (χ1n) is 5.69. The van der Waals surface area contributed by atoms with Crippen LogP contribution in [0.1, 0.15) is 5.56 Å². The van der Waals surface area contributed by atoms with Crippen LogP contribution in [0.25, 0.3) is 0 Å². The van der Waals surface area contributed by atoms with Crippen molar-refractivity contribution in [3.63, 3.8) is 0 Å². The molecule has 21 heavy (non-hydrogen) atoms. The lowest BCUT2D eigenvalue weighted by atomic mass is 10.2. The molecule has 0 aliphatic carbocycles. The molecule has 0 aliphatic rings. The van der Waals surface area contributed by atoms with Crippen LogP contribution in [0.4, 0.5) is 24.5 Å². The second-order valence-corrected chi connectivity index (χ2v) is 5.00. The standard InChI is InChI=1S/C13H8BrF3N2O2/c14-8-4-12(10(16)5-9(8)15)18-6-7-1-2-13(19(20)21)11(17)3-7/h1-5,18H,6H2. The molecule has 0 aromatic heterocycles. The smallest absolute Gasteiger partial charge is 0.304 e. The van der Waals surface area contributed by atoms with Gasteiger partial charge in [0.1, 0.15) is 11.6 Å². The van der Waals surface area contributed by atoms with E-state index in [9.17, 15) is 23.3 Å². The molecule has 0 saturated heterocycles. The highest BCUT2D eigenvalue weighted by Gasteiger charge is 2.14. The van der Waals surface area contributed by atoms with Crippen molar-refractivity contribution < 1.29 is 18.1 Å². The van der Waals surface area contributed by atoms with Crippen LogP contribution >= 0.6 is 15.9 Å². The Morgan fingerprint density at radius 3 is 2.43 bits per heavy atom. The van der Waals surface area contributed by atoms with Crippen molar-refractivity contribution in [2.24, 2.45) is 0 Å². The topological polar surface area (TPSA) is 55.2 Å². The second-order valence-electron chi connectivity index (χ2n) is 4.14. The third kappa shape index (κ3) is 3.52. The maximum Gasteiger partial charge on any atom is 0.304 e. The number of nitrogens with zero attached hydrogens (tertiary/aromatic N) is 1. The predicted octanol–water partition coefficient (Wildman–Crippen LogP) is 4.39. The van der Waals surface area contributed by atoms with Crippen molar-refractivity contribution in [3.05, 3.63) is 67.9 Å². The molecule has 8 heteroatoms. The van der Waals surface area contributed by atoms with E-state index in [1.54, 1.807) is 0 Å². The minimum absolute atomic E-state index is 0.0297. The highest BCUT2D eigenvalue weighted by Crippen LogP contribution is 2.24. The average Bonchev–Trinajstić information content (AvgIpc) is 2.41. The van der Waals surface area contributed by atoms with Crippen molar-refractivity contribution >= 4 is 27.3 Å². The zero-order valence-electron chi connectivity index (χ0n) is 10.4. The summed E-state index contributed by atoms with van der Waals surface area (Å²) in [6.45, 7) is 0.0317. The molecule has 0 amide bonds. The molecular weight excluding hydrogens is 353 g/mol. The maximum absolute atomic E-state index is 13.5. The molecule has 2 rings (SSSR count). The van der Waals surface area contributed by atoms with Gasteiger partial charge < -0.3 is 5.32 Å². The fourth-order valence-corrected chi connectivity index (χ4v) is 2.01. The molecule has 0 bridgehead atoms. The van der Waals surface area contributed by atoms with Crippen molar-refractivity contribution in [1.29, 1.82) is 0 Å². The molecule has 2 aromatic rings. The molecule has 0 heterocycles. The molecule has 0 atom stereocenters. The van der Waals surface area contributed by atoms with E-state index in [1.165, 1.54) is 12.1 Å². The highest BCUT2D eigenvalue weighted by molar-refractivity contribution is 9.10. The molecule has 0 radical (unpaired) electrons. The summed E-state index contributed by atoms with van der Waals surface area (Å²) in [5.41, 5.74) is -0.213. The zero-order valence-corrected chi connectivity index (χ0v) is 12.0. The molecule has 0 spiro atoms. The molecule has 4 nitrogen and oxygen atoms in total. The van der Waals surface area contributed by atoms with E-state index in [0.29, 0.717) is 11.6 Å². The minimum Gasteiger partial charge on any atom is -0.379 e. The lowest BCUT2D eigenvalue weighted by molar-refractivity contribution is -0.387. The van der Waals surface area contributed by atoms with Crippen LogP contribution in [-0.2, 0) is 6.54 Å². The summed E-state index contributed by atoms with van der Waals surface area (Å²) in [7, 11) is 0. The number of hydrogen-bond acceptors (Lipinski definition) is 3. The van der Waals surface area contributed by atoms with Gasteiger partial charge in [-0.25, -0.2) is 8.78 Å². The number of nitrogens with one attached hydrogen (secondary N) is 1. The van der Waals surface area contributed by atoms with E-state index in [1.807, 2.05) is 0 Å². The van der Waals surface area contributed by atoms with Gasteiger partial charge in [-0.3, -0.25) is 10.1 Å². The van der Waals surface area contributed by atoms with Crippen molar-refractivity contribution in [3.8, 4) is 0 Å². The summed E-state index contributed by atoms with van der Waals surface area (Å²) in [5.74, 6) is -2.50. The Morgan fingerprint density at radius 2 is 1.81 bits per heavy atom. The van der Waals surface area contributed by atoms with E-state index in [0.717, 1.165) is 12.1 Å². The fourth-order valence-electron chi connectivity index (χ4n) is 1.66. The van der Waals surface area contributed by atoms with Gasteiger partial charge in [0, 0.05) is 18.7 Å². The minimum atomic E-state index is -0.972. The summed E-state index contributed by atoms with van der Waals surface area (Å²) < 4.78 is 40.1. The zero-order chi connectivity index (χ0) is 15.6. The Morgan fingerprint density at radius 1 is 1.10 bits per heavy atom. The van der Waals surface area contributed by atoms with Crippen LogP contribution < -0.4 is 5.32 Å². The average molecular weight is 361 g/mol. The third-order valence-electron chi connectivity index (χ3n) is 2.70. The summed E-state index contributed by atoms with van der Waals surface area (Å²) in [5, 5.41) is 13.2. The molecule has 2 aromatic carbocycles. The van der Waals surface area contributed by atoms with E-state index in [4.69, 9.17) is 0 Å². The van der Waals surface area contributed by atoms with Gasteiger partial charge in [0.25, 0.3) is 0 Å². The predicted molar refractivity (Wildman–Crippen MR) is 74.4 cm³/mol. The highest BCUT2D eigenvalue weighted by atomic mass is 79.9. The van der Waals surface area contributed by atoms with Gasteiger partial charge in [-0.2, -0.15) is 4.39 Å². The molecule has 0 unspecified atom stereocenters. The van der Waals surface area contributed by atoms with Crippen LogP contribution in [0.3, 0.4) is 0 Å². The first kappa shape index (κ1) is 15.3. The summed E-state index contributed by atoms with van der Waals surface area (Å²) in [4.78, 5) is 9.66. The number of benzene rings is 2. The van der Waals surface area contributed by atoms with E-state index >= 15 is 0 Å². The second kappa shape index (κ2) is 6.13. The Bertz CT molecular complexity index is 710. The Balaban J connectivity index is 2.15. The third-order valence-corrected chi connectivity index (χ3v) is 3.31. The van der Waals surface area contributed by atoms with Gasteiger partial charge in [-0.15, -0.1) is 0 Å². The van der Waals surface area contributed by atoms with Crippen LogP contribution in [0.15, 0.2) is 34.8 Å². The Hall–Kier alpha value is -2.09. The number of hydrogen-bond donors (Lipinski definition) is 1. The summed E-state index contributed by atoms with van der Waals surface area (Å²) in [6, 6.07) is 5.30. The van der Waals surface area contributed by atoms with Crippen LogP contribution in [0, 0.1) is 27.6 Å². The van der Waals surface area contributed by atoms with Crippen LogP contribution in [0.5, 0.6) is 0 Å². The molecule has 0 saturated carbocycles. The lowest BCUT2D eigenvalue weighted by Gasteiger charge is -2.09. The Labute approximate surface area is 125 Å². The van der Waals surface area contributed by atoms with Crippen LogP contribution in [0.2, 0.25) is 0 Å². The number of nitro groups is 1.